The summed E-state index contributed by atoms with van der Waals surface area (Å²) in [6, 6.07) is 9.60. The Balaban J connectivity index is 1.90. The van der Waals surface area contributed by atoms with Crippen LogP contribution in [0, 0.1) is 11.8 Å². The van der Waals surface area contributed by atoms with Gasteiger partial charge in [-0.15, -0.1) is 0 Å². The molecule has 1 fully saturated rings. The lowest BCUT2D eigenvalue weighted by Gasteiger charge is -2.23. The lowest BCUT2D eigenvalue weighted by molar-refractivity contribution is -0.143. The van der Waals surface area contributed by atoms with Crippen molar-refractivity contribution in [1.29, 1.82) is 0 Å². The number of carbonyl (C=O) groups is 2. The molecular formula is C20H29NO4. The van der Waals surface area contributed by atoms with E-state index in [1.165, 1.54) is 12.7 Å². The van der Waals surface area contributed by atoms with Gasteiger partial charge in [-0.05, 0) is 43.6 Å². The van der Waals surface area contributed by atoms with E-state index in [2.05, 4.69) is 17.4 Å². The second-order valence-corrected chi connectivity index (χ2v) is 7.17. The maximum atomic E-state index is 12.3. The molecule has 25 heavy (non-hydrogen) atoms. The summed E-state index contributed by atoms with van der Waals surface area (Å²) in [5, 5.41) is 2.67. The maximum Gasteiger partial charge on any atom is 0.408 e. The van der Waals surface area contributed by atoms with Crippen molar-refractivity contribution in [3.05, 3.63) is 35.9 Å². The molecule has 3 atom stereocenters. The van der Waals surface area contributed by atoms with Crippen molar-refractivity contribution in [2.45, 2.75) is 58.1 Å². The summed E-state index contributed by atoms with van der Waals surface area (Å²) in [6.07, 6.45) is 3.79. The van der Waals surface area contributed by atoms with Crippen molar-refractivity contribution in [2.75, 3.05) is 7.11 Å². The van der Waals surface area contributed by atoms with Crippen LogP contribution in [0.3, 0.4) is 0 Å². The molecule has 2 rings (SSSR count). The lowest BCUT2D eigenvalue weighted by atomic mass is 9.96. The molecule has 0 bridgehead atoms. The van der Waals surface area contributed by atoms with Crippen LogP contribution in [-0.2, 0) is 20.7 Å². The molecule has 3 unspecified atom stereocenters. The fourth-order valence-corrected chi connectivity index (χ4v) is 3.45. The quantitative estimate of drug-likeness (QED) is 0.764. The highest BCUT2D eigenvalue weighted by molar-refractivity contribution is 5.81. The van der Waals surface area contributed by atoms with Gasteiger partial charge in [0.1, 0.15) is 12.1 Å². The van der Waals surface area contributed by atoms with Crippen LogP contribution in [0.2, 0.25) is 0 Å². The van der Waals surface area contributed by atoms with E-state index in [4.69, 9.17) is 9.47 Å². The smallest absolute Gasteiger partial charge is 0.408 e. The Kier molecular flexibility index (Phi) is 7.29. The van der Waals surface area contributed by atoms with Crippen molar-refractivity contribution in [3.63, 3.8) is 0 Å². The number of carbonyl (C=O) groups excluding carboxylic acids is 2. The Morgan fingerprint density at radius 1 is 1.20 bits per heavy atom. The average Bonchev–Trinajstić information content (AvgIpc) is 3.00. The van der Waals surface area contributed by atoms with Crippen molar-refractivity contribution in [3.8, 4) is 0 Å². The van der Waals surface area contributed by atoms with E-state index in [1.54, 1.807) is 0 Å². The summed E-state index contributed by atoms with van der Waals surface area (Å²) in [4.78, 5) is 24.1. The predicted octanol–water partition coefficient (Wildman–Crippen LogP) is 3.71. The molecule has 0 radical (unpaired) electrons. The SMILES string of the molecule is COC(=O)C(CC(C)C)NC(=O)OC1CCCC1Cc1ccccc1. The van der Waals surface area contributed by atoms with Crippen molar-refractivity contribution >= 4 is 12.1 Å². The fraction of sp³-hybridized carbons (Fsp3) is 0.600. The Hall–Kier alpha value is -2.04. The Morgan fingerprint density at radius 3 is 2.56 bits per heavy atom. The Bertz CT molecular complexity index is 558. The Morgan fingerprint density at radius 2 is 1.92 bits per heavy atom. The van der Waals surface area contributed by atoms with Gasteiger partial charge >= 0.3 is 12.1 Å². The zero-order chi connectivity index (χ0) is 18.2. The van der Waals surface area contributed by atoms with Gasteiger partial charge in [-0.25, -0.2) is 9.59 Å². The van der Waals surface area contributed by atoms with Gasteiger partial charge in [0, 0.05) is 5.92 Å². The van der Waals surface area contributed by atoms with Gasteiger partial charge in [0.2, 0.25) is 0 Å². The molecule has 0 aromatic heterocycles. The third-order valence-electron chi connectivity index (χ3n) is 4.67. The Labute approximate surface area is 150 Å². The van der Waals surface area contributed by atoms with Gasteiger partial charge in [0.15, 0.2) is 0 Å². The normalized spacial score (nSPS) is 21.0. The molecule has 0 spiro atoms. The first-order valence-electron chi connectivity index (χ1n) is 9.08. The van der Waals surface area contributed by atoms with Crippen LogP contribution in [0.15, 0.2) is 30.3 Å². The van der Waals surface area contributed by atoms with Crippen LogP contribution in [-0.4, -0.2) is 31.3 Å². The van der Waals surface area contributed by atoms with Crippen molar-refractivity contribution in [2.24, 2.45) is 11.8 Å². The number of nitrogens with one attached hydrogen (secondary N) is 1. The summed E-state index contributed by atoms with van der Waals surface area (Å²) in [7, 11) is 1.33. The second-order valence-electron chi connectivity index (χ2n) is 7.17. The maximum absolute atomic E-state index is 12.3. The molecular weight excluding hydrogens is 318 g/mol. The van der Waals surface area contributed by atoms with Crippen LogP contribution in [0.25, 0.3) is 0 Å². The minimum Gasteiger partial charge on any atom is -0.467 e. The first-order valence-corrected chi connectivity index (χ1v) is 9.08. The minimum absolute atomic E-state index is 0.0995. The van der Waals surface area contributed by atoms with E-state index in [0.717, 1.165) is 25.7 Å². The number of rotatable bonds is 7. The third kappa shape index (κ3) is 6.07. The van der Waals surface area contributed by atoms with Gasteiger partial charge in [0.05, 0.1) is 7.11 Å². The zero-order valence-corrected chi connectivity index (χ0v) is 15.4. The number of hydrogen-bond acceptors (Lipinski definition) is 4. The predicted molar refractivity (Wildman–Crippen MR) is 96.2 cm³/mol. The molecule has 1 aromatic carbocycles. The van der Waals surface area contributed by atoms with E-state index >= 15 is 0 Å². The monoisotopic (exact) mass is 347 g/mol. The number of benzene rings is 1. The highest BCUT2D eigenvalue weighted by Crippen LogP contribution is 2.31. The molecule has 5 heteroatoms. The number of esters is 1. The highest BCUT2D eigenvalue weighted by Gasteiger charge is 2.32. The first-order chi connectivity index (χ1) is 12.0. The number of ether oxygens (including phenoxy) is 2. The van der Waals surface area contributed by atoms with Gasteiger partial charge in [-0.2, -0.15) is 0 Å². The molecule has 5 nitrogen and oxygen atoms in total. The summed E-state index contributed by atoms with van der Waals surface area (Å²) in [6.45, 7) is 3.99. The molecule has 1 amide bonds. The van der Waals surface area contributed by atoms with Crippen molar-refractivity contribution in [1.82, 2.24) is 5.32 Å². The zero-order valence-electron chi connectivity index (χ0n) is 15.4. The molecule has 1 saturated carbocycles. The summed E-state index contributed by atoms with van der Waals surface area (Å²) < 4.78 is 10.4. The van der Waals surface area contributed by atoms with Gasteiger partial charge in [-0.3, -0.25) is 0 Å². The minimum atomic E-state index is -0.661. The standard InChI is InChI=1S/C20H29NO4/c1-14(2)12-17(19(22)24-3)21-20(23)25-18-11-7-10-16(18)13-15-8-5-4-6-9-15/h4-6,8-9,14,16-18H,7,10-13H2,1-3H3,(H,21,23). The van der Waals surface area contributed by atoms with Crippen molar-refractivity contribution < 1.29 is 19.1 Å². The number of amides is 1. The molecule has 1 N–H and O–H groups in total. The highest BCUT2D eigenvalue weighted by atomic mass is 16.6. The lowest BCUT2D eigenvalue weighted by Crippen LogP contribution is -2.44. The molecule has 0 heterocycles. The van der Waals surface area contributed by atoms with Gasteiger partial charge in [0.25, 0.3) is 0 Å². The number of alkyl carbamates (subject to hydrolysis) is 1. The van der Waals surface area contributed by atoms with E-state index in [9.17, 15) is 9.59 Å². The van der Waals surface area contributed by atoms with Gasteiger partial charge < -0.3 is 14.8 Å². The molecule has 138 valence electrons. The van der Waals surface area contributed by atoms with E-state index in [0.29, 0.717) is 12.3 Å². The van der Waals surface area contributed by atoms with Crippen LogP contribution in [0.5, 0.6) is 0 Å². The summed E-state index contributed by atoms with van der Waals surface area (Å²) in [5.74, 6) is 0.162. The van der Waals surface area contributed by atoms with E-state index < -0.39 is 18.1 Å². The second kappa shape index (κ2) is 9.44. The number of methoxy groups -OCH3 is 1. The fourth-order valence-electron chi connectivity index (χ4n) is 3.45. The molecule has 1 aromatic rings. The van der Waals surface area contributed by atoms with E-state index in [1.807, 2.05) is 32.0 Å². The largest absolute Gasteiger partial charge is 0.467 e. The van der Waals surface area contributed by atoms with Crippen LogP contribution in [0.1, 0.15) is 45.1 Å². The first kappa shape index (κ1) is 19.3. The summed E-state index contributed by atoms with van der Waals surface area (Å²) in [5.41, 5.74) is 1.26. The van der Waals surface area contributed by atoms with E-state index in [-0.39, 0.29) is 12.0 Å². The molecule has 0 saturated heterocycles. The molecule has 1 aliphatic rings. The van der Waals surface area contributed by atoms with Crippen LogP contribution in [0.4, 0.5) is 4.79 Å². The van der Waals surface area contributed by atoms with Crippen LogP contribution >= 0.6 is 0 Å². The van der Waals surface area contributed by atoms with Crippen LogP contribution < -0.4 is 5.32 Å². The molecule has 1 aliphatic carbocycles. The third-order valence-corrected chi connectivity index (χ3v) is 4.67. The van der Waals surface area contributed by atoms with Gasteiger partial charge in [-0.1, -0.05) is 44.2 Å². The molecule has 0 aliphatic heterocycles. The topological polar surface area (TPSA) is 64.6 Å². The number of hydrogen-bond donors (Lipinski definition) is 1. The average molecular weight is 347 g/mol. The summed E-state index contributed by atoms with van der Waals surface area (Å²) >= 11 is 0.